The van der Waals surface area contributed by atoms with Gasteiger partial charge in [0.15, 0.2) is 0 Å². The molecule has 104 valence electrons. The number of nitrogens with zero attached hydrogens (tertiary/aromatic N) is 1. The largest absolute Gasteiger partial charge is 0.478 e. The highest BCUT2D eigenvalue weighted by atomic mass is 32.2. The van der Waals surface area contributed by atoms with Crippen LogP contribution in [0.1, 0.15) is 29.8 Å². The topological polar surface area (TPSA) is 40.5 Å². The molecule has 0 amide bonds. The van der Waals surface area contributed by atoms with Crippen molar-refractivity contribution in [3.05, 3.63) is 35.4 Å². The third-order valence-corrected chi connectivity index (χ3v) is 4.87. The van der Waals surface area contributed by atoms with Crippen molar-refractivity contribution in [1.82, 2.24) is 3.71 Å². The Balaban J connectivity index is 2.66. The molecular formula is C13H17NO2S3. The summed E-state index contributed by atoms with van der Waals surface area (Å²) in [5.41, 5.74) is 1.34. The number of rotatable bonds is 7. The lowest BCUT2D eigenvalue weighted by atomic mass is 10.1. The van der Waals surface area contributed by atoms with Crippen LogP contribution in [-0.2, 0) is 6.42 Å². The van der Waals surface area contributed by atoms with Crippen molar-refractivity contribution in [1.29, 1.82) is 0 Å². The molecule has 19 heavy (non-hydrogen) atoms. The van der Waals surface area contributed by atoms with Gasteiger partial charge in [-0.1, -0.05) is 38.2 Å². The van der Waals surface area contributed by atoms with Crippen LogP contribution in [0.25, 0.3) is 0 Å². The van der Waals surface area contributed by atoms with E-state index in [-0.39, 0.29) is 0 Å². The molecule has 3 nitrogen and oxygen atoms in total. The van der Waals surface area contributed by atoms with E-state index in [1.165, 1.54) is 0 Å². The smallest absolute Gasteiger partial charge is 0.335 e. The van der Waals surface area contributed by atoms with Crippen molar-refractivity contribution in [3.63, 3.8) is 0 Å². The van der Waals surface area contributed by atoms with Gasteiger partial charge in [-0.3, -0.25) is 3.71 Å². The van der Waals surface area contributed by atoms with Crippen LogP contribution >= 0.6 is 36.1 Å². The third-order valence-electron chi connectivity index (χ3n) is 2.25. The van der Waals surface area contributed by atoms with E-state index in [9.17, 15) is 4.79 Å². The monoisotopic (exact) mass is 315 g/mol. The number of hydrogen-bond donors (Lipinski definition) is 1. The van der Waals surface area contributed by atoms with Crippen LogP contribution in [0.4, 0.5) is 0 Å². The molecule has 0 atom stereocenters. The molecule has 0 bridgehead atoms. The highest BCUT2D eigenvalue weighted by Gasteiger charge is 2.11. The van der Waals surface area contributed by atoms with E-state index < -0.39 is 5.97 Å². The summed E-state index contributed by atoms with van der Waals surface area (Å²) in [4.78, 5) is 11.6. The summed E-state index contributed by atoms with van der Waals surface area (Å²) in [6.07, 6.45) is 0.662. The van der Waals surface area contributed by atoms with Crippen LogP contribution in [0.15, 0.2) is 24.3 Å². The van der Waals surface area contributed by atoms with Crippen LogP contribution in [-0.4, -0.2) is 31.3 Å². The second kappa shape index (κ2) is 8.45. The maximum atomic E-state index is 10.8. The number of carboxylic acid groups (broad SMARTS) is 1. The molecule has 0 spiro atoms. The van der Waals surface area contributed by atoms with Gasteiger partial charge in [-0.05, 0) is 41.6 Å². The molecule has 6 heteroatoms. The Bertz CT molecular complexity index is 428. The van der Waals surface area contributed by atoms with E-state index in [1.807, 2.05) is 12.1 Å². The van der Waals surface area contributed by atoms with E-state index in [4.69, 9.17) is 17.3 Å². The SMILES string of the molecule is CCSN(SCC)C(=S)Cc1ccc(C(=O)O)cc1. The van der Waals surface area contributed by atoms with Crippen molar-refractivity contribution in [2.75, 3.05) is 11.5 Å². The summed E-state index contributed by atoms with van der Waals surface area (Å²) >= 11 is 8.84. The van der Waals surface area contributed by atoms with Gasteiger partial charge in [0.05, 0.1) is 5.56 Å². The Morgan fingerprint density at radius 2 is 1.74 bits per heavy atom. The molecule has 0 radical (unpaired) electrons. The number of hydrogen-bond acceptors (Lipinski definition) is 4. The number of benzene rings is 1. The summed E-state index contributed by atoms with van der Waals surface area (Å²) < 4.78 is 2.07. The molecule has 0 fully saturated rings. The summed E-state index contributed by atoms with van der Waals surface area (Å²) in [5, 5.41) is 8.85. The molecule has 1 aromatic rings. The van der Waals surface area contributed by atoms with E-state index >= 15 is 0 Å². The van der Waals surface area contributed by atoms with Gasteiger partial charge in [0, 0.05) is 17.9 Å². The van der Waals surface area contributed by atoms with E-state index in [0.29, 0.717) is 12.0 Å². The van der Waals surface area contributed by atoms with E-state index in [1.54, 1.807) is 36.0 Å². The molecule has 0 saturated carbocycles. The molecule has 0 aliphatic carbocycles. The minimum atomic E-state index is -0.904. The number of carbonyl (C=O) groups is 1. The molecule has 0 unspecified atom stereocenters. The molecule has 0 aromatic heterocycles. The average Bonchev–Trinajstić information content (AvgIpc) is 2.39. The van der Waals surface area contributed by atoms with Gasteiger partial charge in [0.1, 0.15) is 4.99 Å². The number of carboxylic acids is 1. The van der Waals surface area contributed by atoms with Crippen LogP contribution in [0.2, 0.25) is 0 Å². The van der Waals surface area contributed by atoms with Gasteiger partial charge < -0.3 is 5.11 Å². The Hall–Kier alpha value is -0.720. The van der Waals surface area contributed by atoms with Crippen LogP contribution in [0, 0.1) is 0 Å². The first kappa shape index (κ1) is 16.3. The van der Waals surface area contributed by atoms with E-state index in [2.05, 4.69) is 17.6 Å². The van der Waals surface area contributed by atoms with Gasteiger partial charge >= 0.3 is 5.97 Å². The Morgan fingerprint density at radius 1 is 1.21 bits per heavy atom. The van der Waals surface area contributed by atoms with Gasteiger partial charge in [-0.15, -0.1) is 0 Å². The third kappa shape index (κ3) is 5.42. The molecule has 0 heterocycles. The second-order valence-corrected chi connectivity index (χ2v) is 6.77. The van der Waals surface area contributed by atoms with Gasteiger partial charge in [0.2, 0.25) is 0 Å². The highest BCUT2D eigenvalue weighted by Crippen LogP contribution is 2.23. The van der Waals surface area contributed by atoms with Crippen molar-refractivity contribution in [2.45, 2.75) is 20.3 Å². The molecular weight excluding hydrogens is 298 g/mol. The minimum Gasteiger partial charge on any atom is -0.478 e. The second-order valence-electron chi connectivity index (χ2n) is 3.67. The van der Waals surface area contributed by atoms with Crippen molar-refractivity contribution >= 4 is 47.1 Å². The zero-order valence-electron chi connectivity index (χ0n) is 11.0. The summed E-state index contributed by atoms with van der Waals surface area (Å²) in [6, 6.07) is 6.87. The maximum absolute atomic E-state index is 10.8. The first-order valence-electron chi connectivity index (χ1n) is 5.99. The molecule has 1 rings (SSSR count). The van der Waals surface area contributed by atoms with Gasteiger partial charge in [-0.2, -0.15) is 0 Å². The zero-order valence-corrected chi connectivity index (χ0v) is 13.4. The normalized spacial score (nSPS) is 10.2. The molecule has 1 N–H and O–H groups in total. The average molecular weight is 315 g/mol. The fourth-order valence-corrected chi connectivity index (χ4v) is 3.72. The Kier molecular flexibility index (Phi) is 7.27. The predicted molar refractivity (Wildman–Crippen MR) is 87.8 cm³/mol. The first-order chi connectivity index (χ1) is 9.08. The van der Waals surface area contributed by atoms with Crippen molar-refractivity contribution < 1.29 is 9.90 Å². The van der Waals surface area contributed by atoms with Gasteiger partial charge in [0.25, 0.3) is 0 Å². The van der Waals surface area contributed by atoms with Gasteiger partial charge in [-0.25, -0.2) is 4.79 Å². The van der Waals surface area contributed by atoms with Crippen LogP contribution in [0.5, 0.6) is 0 Å². The van der Waals surface area contributed by atoms with Crippen molar-refractivity contribution in [3.8, 4) is 0 Å². The fourth-order valence-electron chi connectivity index (χ4n) is 1.42. The Morgan fingerprint density at radius 3 is 2.16 bits per heavy atom. The number of aromatic carboxylic acids is 1. The minimum absolute atomic E-state index is 0.303. The van der Waals surface area contributed by atoms with E-state index in [0.717, 1.165) is 22.1 Å². The van der Waals surface area contributed by atoms with Crippen LogP contribution in [0.3, 0.4) is 0 Å². The highest BCUT2D eigenvalue weighted by molar-refractivity contribution is 8.13. The number of thiocarbonyl (C=S) groups is 1. The zero-order chi connectivity index (χ0) is 14.3. The first-order valence-corrected chi connectivity index (χ1v) is 8.28. The Labute approximate surface area is 128 Å². The lowest BCUT2D eigenvalue weighted by Crippen LogP contribution is -2.18. The summed E-state index contributed by atoms with van der Waals surface area (Å²) in [5.74, 6) is 1.05. The lowest BCUT2D eigenvalue weighted by molar-refractivity contribution is 0.0697. The molecule has 0 aliphatic rings. The maximum Gasteiger partial charge on any atom is 0.335 e. The van der Waals surface area contributed by atoms with Crippen LogP contribution < -0.4 is 0 Å². The lowest BCUT2D eigenvalue weighted by Gasteiger charge is -2.21. The van der Waals surface area contributed by atoms with Crippen molar-refractivity contribution in [2.24, 2.45) is 0 Å². The standard InChI is InChI=1S/C13H17NO2S3/c1-3-18-14(19-4-2)12(17)9-10-5-7-11(8-6-10)13(15)16/h5-8H,3-4,9H2,1-2H3,(H,15,16). The quantitative estimate of drug-likeness (QED) is 0.608. The molecule has 0 aliphatic heterocycles. The fraction of sp³-hybridized carbons (Fsp3) is 0.385. The molecule has 0 saturated heterocycles. The summed E-state index contributed by atoms with van der Waals surface area (Å²) in [7, 11) is 0. The predicted octanol–water partition coefficient (Wildman–Crippen LogP) is 3.89. The summed E-state index contributed by atoms with van der Waals surface area (Å²) in [6.45, 7) is 4.19. The molecule has 1 aromatic carbocycles.